The van der Waals surface area contributed by atoms with Gasteiger partial charge in [-0.2, -0.15) is 0 Å². The van der Waals surface area contributed by atoms with Crippen LogP contribution in [0.1, 0.15) is 37.3 Å². The van der Waals surface area contributed by atoms with Crippen molar-refractivity contribution < 1.29 is 13.9 Å². The summed E-state index contributed by atoms with van der Waals surface area (Å²) in [5.74, 6) is 1.45. The van der Waals surface area contributed by atoms with E-state index in [9.17, 15) is 4.79 Å². The maximum atomic E-state index is 12.2. The van der Waals surface area contributed by atoms with Crippen LogP contribution < -0.4 is 11.1 Å². The van der Waals surface area contributed by atoms with Gasteiger partial charge in [-0.25, -0.2) is 0 Å². The Labute approximate surface area is 107 Å². The van der Waals surface area contributed by atoms with Gasteiger partial charge in [-0.05, 0) is 38.8 Å². The summed E-state index contributed by atoms with van der Waals surface area (Å²) in [5, 5.41) is 2.91. The third-order valence-electron chi connectivity index (χ3n) is 3.37. The number of furan rings is 1. The largest absolute Gasteiger partial charge is 0.464 e. The number of ether oxygens (including phenoxy) is 1. The van der Waals surface area contributed by atoms with Crippen LogP contribution in [0.4, 0.5) is 0 Å². The lowest BCUT2D eigenvalue weighted by Crippen LogP contribution is -2.57. The van der Waals surface area contributed by atoms with E-state index >= 15 is 0 Å². The van der Waals surface area contributed by atoms with Gasteiger partial charge in [-0.1, -0.05) is 0 Å². The smallest absolute Gasteiger partial charge is 0.240 e. The molecule has 1 fully saturated rings. The van der Waals surface area contributed by atoms with Crippen molar-refractivity contribution in [2.24, 2.45) is 5.73 Å². The standard InChI is InChI=1S/C13H20N2O3/c1-9-3-4-11(18-9)10(2)15-12(16)13(14)5-7-17-8-6-13/h3-4,10H,5-8,14H2,1-2H3,(H,15,16). The summed E-state index contributed by atoms with van der Waals surface area (Å²) < 4.78 is 10.7. The molecule has 1 atom stereocenters. The predicted molar refractivity (Wildman–Crippen MR) is 67.0 cm³/mol. The maximum absolute atomic E-state index is 12.2. The summed E-state index contributed by atoms with van der Waals surface area (Å²) in [4.78, 5) is 12.2. The highest BCUT2D eigenvalue weighted by Gasteiger charge is 2.36. The minimum Gasteiger partial charge on any atom is -0.464 e. The molecule has 1 aliphatic heterocycles. The molecule has 2 rings (SSSR count). The summed E-state index contributed by atoms with van der Waals surface area (Å²) in [7, 11) is 0. The van der Waals surface area contributed by atoms with Gasteiger partial charge in [-0.3, -0.25) is 4.79 Å². The summed E-state index contributed by atoms with van der Waals surface area (Å²) in [5.41, 5.74) is 5.30. The van der Waals surface area contributed by atoms with Gasteiger partial charge in [0.1, 0.15) is 11.5 Å². The van der Waals surface area contributed by atoms with Crippen molar-refractivity contribution in [3.05, 3.63) is 23.7 Å². The first-order chi connectivity index (χ1) is 8.51. The highest BCUT2D eigenvalue weighted by molar-refractivity contribution is 5.86. The summed E-state index contributed by atoms with van der Waals surface area (Å²) >= 11 is 0. The minimum absolute atomic E-state index is 0.132. The van der Waals surface area contributed by atoms with Gasteiger partial charge in [0.15, 0.2) is 0 Å². The van der Waals surface area contributed by atoms with Gasteiger partial charge >= 0.3 is 0 Å². The fraction of sp³-hybridized carbons (Fsp3) is 0.615. The van der Waals surface area contributed by atoms with Crippen LogP contribution >= 0.6 is 0 Å². The molecule has 0 bridgehead atoms. The Hall–Kier alpha value is -1.33. The molecule has 5 nitrogen and oxygen atoms in total. The fourth-order valence-corrected chi connectivity index (χ4v) is 2.06. The van der Waals surface area contributed by atoms with Crippen LogP contribution in [0.25, 0.3) is 0 Å². The van der Waals surface area contributed by atoms with E-state index < -0.39 is 5.54 Å². The van der Waals surface area contributed by atoms with Crippen molar-refractivity contribution in [1.82, 2.24) is 5.32 Å². The Bertz CT molecular complexity index is 422. The average molecular weight is 252 g/mol. The first kappa shape index (κ1) is 13.1. The second kappa shape index (κ2) is 5.12. The van der Waals surface area contributed by atoms with Crippen LogP contribution in [-0.2, 0) is 9.53 Å². The van der Waals surface area contributed by atoms with E-state index in [1.807, 2.05) is 26.0 Å². The SMILES string of the molecule is Cc1ccc(C(C)NC(=O)C2(N)CCOCC2)o1. The van der Waals surface area contributed by atoms with Gasteiger partial charge in [0.2, 0.25) is 5.91 Å². The molecule has 0 aromatic carbocycles. The molecule has 1 aliphatic rings. The van der Waals surface area contributed by atoms with Gasteiger partial charge in [0.25, 0.3) is 0 Å². The quantitative estimate of drug-likeness (QED) is 0.849. The number of amides is 1. The second-order valence-electron chi connectivity index (χ2n) is 4.91. The zero-order chi connectivity index (χ0) is 13.2. The highest BCUT2D eigenvalue weighted by atomic mass is 16.5. The van der Waals surface area contributed by atoms with E-state index in [4.69, 9.17) is 14.9 Å². The molecule has 100 valence electrons. The Kier molecular flexibility index (Phi) is 3.73. The Balaban J connectivity index is 1.98. The van der Waals surface area contributed by atoms with Crippen molar-refractivity contribution >= 4 is 5.91 Å². The van der Waals surface area contributed by atoms with Crippen LogP contribution in [0.5, 0.6) is 0 Å². The molecular weight excluding hydrogens is 232 g/mol. The third-order valence-corrected chi connectivity index (χ3v) is 3.37. The van der Waals surface area contributed by atoms with Crippen molar-refractivity contribution in [3.8, 4) is 0 Å². The van der Waals surface area contributed by atoms with Crippen molar-refractivity contribution in [3.63, 3.8) is 0 Å². The van der Waals surface area contributed by atoms with Crippen LogP contribution in [0.3, 0.4) is 0 Å². The number of hydrogen-bond donors (Lipinski definition) is 2. The summed E-state index contributed by atoms with van der Waals surface area (Å²) in [6.07, 6.45) is 1.12. The predicted octanol–water partition coefficient (Wildman–Crippen LogP) is 1.27. The Morgan fingerprint density at radius 2 is 2.11 bits per heavy atom. The van der Waals surface area contributed by atoms with E-state index in [2.05, 4.69) is 5.32 Å². The van der Waals surface area contributed by atoms with Gasteiger partial charge in [0, 0.05) is 13.2 Å². The maximum Gasteiger partial charge on any atom is 0.240 e. The zero-order valence-corrected chi connectivity index (χ0v) is 10.9. The molecule has 1 amide bonds. The van der Waals surface area contributed by atoms with Crippen molar-refractivity contribution in [1.29, 1.82) is 0 Å². The van der Waals surface area contributed by atoms with E-state index in [1.165, 1.54) is 0 Å². The molecule has 0 aliphatic carbocycles. The molecule has 1 aromatic rings. The van der Waals surface area contributed by atoms with E-state index in [0.29, 0.717) is 26.1 Å². The molecule has 1 aromatic heterocycles. The minimum atomic E-state index is -0.811. The van der Waals surface area contributed by atoms with Crippen LogP contribution in [-0.4, -0.2) is 24.7 Å². The number of aryl methyl sites for hydroxylation is 1. The van der Waals surface area contributed by atoms with Gasteiger partial charge < -0.3 is 20.2 Å². The van der Waals surface area contributed by atoms with E-state index in [1.54, 1.807) is 0 Å². The summed E-state index contributed by atoms with van der Waals surface area (Å²) in [6.45, 7) is 4.84. The lowest BCUT2D eigenvalue weighted by molar-refractivity contribution is -0.130. The second-order valence-corrected chi connectivity index (χ2v) is 4.91. The van der Waals surface area contributed by atoms with Crippen molar-refractivity contribution in [2.45, 2.75) is 38.3 Å². The van der Waals surface area contributed by atoms with Crippen LogP contribution in [0, 0.1) is 6.92 Å². The fourth-order valence-electron chi connectivity index (χ4n) is 2.06. The molecule has 5 heteroatoms. The van der Waals surface area contributed by atoms with Gasteiger partial charge in [0.05, 0.1) is 11.6 Å². The molecule has 0 radical (unpaired) electrons. The molecule has 18 heavy (non-hydrogen) atoms. The normalized spacial score (nSPS) is 20.4. The average Bonchev–Trinajstić information content (AvgIpc) is 2.77. The zero-order valence-electron chi connectivity index (χ0n) is 10.9. The lowest BCUT2D eigenvalue weighted by atomic mass is 9.90. The highest BCUT2D eigenvalue weighted by Crippen LogP contribution is 2.21. The number of carbonyl (C=O) groups excluding carboxylic acids is 1. The first-order valence-electron chi connectivity index (χ1n) is 6.25. The number of rotatable bonds is 3. The number of nitrogens with one attached hydrogen (secondary N) is 1. The summed E-state index contributed by atoms with van der Waals surface area (Å²) in [6, 6.07) is 3.58. The van der Waals surface area contributed by atoms with Gasteiger partial charge in [-0.15, -0.1) is 0 Å². The van der Waals surface area contributed by atoms with Crippen LogP contribution in [0.2, 0.25) is 0 Å². The van der Waals surface area contributed by atoms with Crippen molar-refractivity contribution in [2.75, 3.05) is 13.2 Å². The number of hydrogen-bond acceptors (Lipinski definition) is 4. The molecule has 1 unspecified atom stereocenters. The lowest BCUT2D eigenvalue weighted by Gasteiger charge is -2.32. The first-order valence-corrected chi connectivity index (χ1v) is 6.25. The topological polar surface area (TPSA) is 77.5 Å². The molecule has 3 N–H and O–H groups in total. The Morgan fingerprint density at radius 3 is 2.67 bits per heavy atom. The molecule has 0 spiro atoms. The van der Waals surface area contributed by atoms with E-state index in [-0.39, 0.29) is 11.9 Å². The number of carbonyl (C=O) groups is 1. The molecule has 1 saturated heterocycles. The number of nitrogens with two attached hydrogens (primary N) is 1. The van der Waals surface area contributed by atoms with E-state index in [0.717, 1.165) is 11.5 Å². The Morgan fingerprint density at radius 1 is 1.44 bits per heavy atom. The monoisotopic (exact) mass is 252 g/mol. The molecule has 2 heterocycles. The molecule has 0 saturated carbocycles. The molecular formula is C13H20N2O3. The van der Waals surface area contributed by atoms with Crippen LogP contribution in [0.15, 0.2) is 16.5 Å². The third kappa shape index (κ3) is 2.73.